The van der Waals surface area contributed by atoms with Gasteiger partial charge in [0.1, 0.15) is 0 Å². The quantitative estimate of drug-likeness (QED) is 0.562. The fraction of sp³-hybridized carbons (Fsp3) is 0.917. The molecule has 0 aliphatic heterocycles. The lowest BCUT2D eigenvalue weighted by molar-refractivity contribution is -0.123. The van der Waals surface area contributed by atoms with Crippen LogP contribution in [0.2, 0.25) is 0 Å². The number of ether oxygens (including phenoxy) is 1. The number of rotatable bonds is 8. The molecule has 1 aliphatic rings. The molecule has 17 heavy (non-hydrogen) atoms. The fourth-order valence-corrected chi connectivity index (χ4v) is 1.64. The van der Waals surface area contributed by atoms with Crippen LogP contribution >= 0.6 is 0 Å². The summed E-state index contributed by atoms with van der Waals surface area (Å²) in [6, 6.07) is -0.444. The summed E-state index contributed by atoms with van der Waals surface area (Å²) in [4.78, 5) is 11.6. The number of nitrogens with two attached hydrogens (primary N) is 1. The van der Waals surface area contributed by atoms with Crippen LogP contribution < -0.4 is 11.1 Å². The molecule has 0 saturated heterocycles. The van der Waals surface area contributed by atoms with E-state index in [0.29, 0.717) is 18.9 Å². The molecule has 1 saturated carbocycles. The molecule has 2 atom stereocenters. The Bertz CT molecular complexity index is 252. The first-order valence-corrected chi connectivity index (χ1v) is 6.19. The Balaban J connectivity index is 2.20. The summed E-state index contributed by atoms with van der Waals surface area (Å²) in [5.74, 6) is 0.458. The topological polar surface area (TPSA) is 84.6 Å². The van der Waals surface area contributed by atoms with Gasteiger partial charge in [0.2, 0.25) is 5.91 Å². The van der Waals surface area contributed by atoms with Crippen LogP contribution in [-0.2, 0) is 9.53 Å². The molecule has 100 valence electrons. The third-order valence-corrected chi connectivity index (χ3v) is 3.11. The number of hydrogen-bond donors (Lipinski definition) is 3. The number of methoxy groups -OCH3 is 1. The molecule has 5 nitrogen and oxygen atoms in total. The van der Waals surface area contributed by atoms with Gasteiger partial charge < -0.3 is 20.9 Å². The van der Waals surface area contributed by atoms with Gasteiger partial charge in [-0.1, -0.05) is 12.8 Å². The number of carbonyl (C=O) groups is 1. The highest BCUT2D eigenvalue weighted by Crippen LogP contribution is 2.33. The Kier molecular flexibility index (Phi) is 5.36. The molecular weight excluding hydrogens is 220 g/mol. The molecule has 0 aromatic heterocycles. The average molecular weight is 244 g/mol. The van der Waals surface area contributed by atoms with Crippen molar-refractivity contribution < 1.29 is 14.6 Å². The van der Waals surface area contributed by atoms with Gasteiger partial charge in [-0.05, 0) is 19.3 Å². The van der Waals surface area contributed by atoms with E-state index >= 15 is 0 Å². The third kappa shape index (κ3) is 6.00. The van der Waals surface area contributed by atoms with Gasteiger partial charge in [0.05, 0.1) is 11.6 Å². The predicted octanol–water partition coefficient (Wildman–Crippen LogP) is 0.0175. The summed E-state index contributed by atoms with van der Waals surface area (Å²) < 4.78 is 4.90. The largest absolute Gasteiger partial charge is 0.388 e. The highest BCUT2D eigenvalue weighted by atomic mass is 16.5. The second-order valence-corrected chi connectivity index (χ2v) is 5.24. The lowest BCUT2D eigenvalue weighted by Gasteiger charge is -2.24. The van der Waals surface area contributed by atoms with Crippen molar-refractivity contribution in [3.05, 3.63) is 0 Å². The number of amides is 1. The van der Waals surface area contributed by atoms with E-state index in [1.54, 1.807) is 14.0 Å². The van der Waals surface area contributed by atoms with Crippen LogP contribution in [-0.4, -0.2) is 42.9 Å². The summed E-state index contributed by atoms with van der Waals surface area (Å²) in [5, 5.41) is 12.6. The molecule has 0 bridgehead atoms. The Morgan fingerprint density at radius 3 is 2.82 bits per heavy atom. The van der Waals surface area contributed by atoms with Crippen molar-refractivity contribution in [1.29, 1.82) is 0 Å². The monoisotopic (exact) mass is 244 g/mol. The molecule has 4 N–H and O–H groups in total. The number of hydrogen-bond acceptors (Lipinski definition) is 4. The van der Waals surface area contributed by atoms with Crippen LogP contribution in [0.4, 0.5) is 0 Å². The van der Waals surface area contributed by atoms with E-state index in [1.807, 2.05) is 0 Å². The molecule has 1 aliphatic carbocycles. The van der Waals surface area contributed by atoms with Crippen LogP contribution in [0.5, 0.6) is 0 Å². The Morgan fingerprint density at radius 2 is 2.29 bits per heavy atom. The van der Waals surface area contributed by atoms with Crippen LogP contribution in [0.25, 0.3) is 0 Å². The highest BCUT2D eigenvalue weighted by Gasteiger charge is 2.28. The van der Waals surface area contributed by atoms with Gasteiger partial charge in [-0.2, -0.15) is 0 Å². The summed E-state index contributed by atoms with van der Waals surface area (Å²) in [6.45, 7) is 2.36. The molecule has 0 radical (unpaired) electrons. The van der Waals surface area contributed by atoms with Gasteiger partial charge in [0, 0.05) is 26.7 Å². The van der Waals surface area contributed by atoms with Gasteiger partial charge in [-0.15, -0.1) is 0 Å². The van der Waals surface area contributed by atoms with Crippen molar-refractivity contribution >= 4 is 5.91 Å². The minimum absolute atomic E-state index is 0.172. The second kappa shape index (κ2) is 6.33. The molecule has 0 heterocycles. The van der Waals surface area contributed by atoms with Crippen molar-refractivity contribution in [2.24, 2.45) is 11.7 Å². The Morgan fingerprint density at radius 1 is 1.65 bits per heavy atom. The summed E-state index contributed by atoms with van der Waals surface area (Å²) in [6.07, 6.45) is 3.62. The number of aliphatic hydroxyl groups is 1. The minimum Gasteiger partial charge on any atom is -0.388 e. The predicted molar refractivity (Wildman–Crippen MR) is 65.4 cm³/mol. The van der Waals surface area contributed by atoms with Crippen LogP contribution in [0.3, 0.4) is 0 Å². The molecule has 1 fully saturated rings. The zero-order chi connectivity index (χ0) is 12.9. The van der Waals surface area contributed by atoms with E-state index in [-0.39, 0.29) is 12.5 Å². The first kappa shape index (κ1) is 14.4. The van der Waals surface area contributed by atoms with Gasteiger partial charge in [-0.25, -0.2) is 0 Å². The smallest absolute Gasteiger partial charge is 0.237 e. The zero-order valence-corrected chi connectivity index (χ0v) is 10.7. The van der Waals surface area contributed by atoms with E-state index in [2.05, 4.69) is 5.32 Å². The van der Waals surface area contributed by atoms with Crippen molar-refractivity contribution in [1.82, 2.24) is 5.32 Å². The SMILES string of the molecule is COCCC(C)(O)CNC(=O)[C@@H](N)CC1CC1. The van der Waals surface area contributed by atoms with E-state index < -0.39 is 11.6 Å². The highest BCUT2D eigenvalue weighted by molar-refractivity contribution is 5.81. The molecule has 1 rings (SSSR count). The summed E-state index contributed by atoms with van der Waals surface area (Å²) in [5.41, 5.74) is 4.83. The molecule has 0 aromatic carbocycles. The zero-order valence-electron chi connectivity index (χ0n) is 10.7. The molecule has 1 unspecified atom stereocenters. The van der Waals surface area contributed by atoms with E-state index in [4.69, 9.17) is 10.5 Å². The van der Waals surface area contributed by atoms with Crippen LogP contribution in [0.15, 0.2) is 0 Å². The van der Waals surface area contributed by atoms with Gasteiger partial charge in [0.25, 0.3) is 0 Å². The van der Waals surface area contributed by atoms with E-state index in [9.17, 15) is 9.90 Å². The van der Waals surface area contributed by atoms with E-state index in [0.717, 1.165) is 6.42 Å². The van der Waals surface area contributed by atoms with Crippen molar-refractivity contribution in [2.45, 2.75) is 44.2 Å². The van der Waals surface area contributed by atoms with Gasteiger partial charge in [-0.3, -0.25) is 4.79 Å². The molecule has 1 amide bonds. The normalized spacial score (nSPS) is 20.7. The van der Waals surface area contributed by atoms with Crippen molar-refractivity contribution in [3.8, 4) is 0 Å². The lowest BCUT2D eigenvalue weighted by Crippen LogP contribution is -2.47. The molecular formula is C12H24N2O3. The third-order valence-electron chi connectivity index (χ3n) is 3.11. The second-order valence-electron chi connectivity index (χ2n) is 5.24. The maximum absolute atomic E-state index is 11.6. The molecule has 0 aromatic rings. The fourth-order valence-electron chi connectivity index (χ4n) is 1.64. The maximum atomic E-state index is 11.6. The van der Waals surface area contributed by atoms with Crippen LogP contribution in [0.1, 0.15) is 32.6 Å². The number of nitrogens with one attached hydrogen (secondary N) is 1. The maximum Gasteiger partial charge on any atom is 0.237 e. The van der Waals surface area contributed by atoms with Crippen molar-refractivity contribution in [2.75, 3.05) is 20.3 Å². The first-order chi connectivity index (χ1) is 7.94. The lowest BCUT2D eigenvalue weighted by atomic mass is 10.0. The first-order valence-electron chi connectivity index (χ1n) is 6.19. The van der Waals surface area contributed by atoms with Gasteiger partial charge in [0.15, 0.2) is 0 Å². The minimum atomic E-state index is -0.940. The van der Waals surface area contributed by atoms with Crippen molar-refractivity contribution in [3.63, 3.8) is 0 Å². The van der Waals surface area contributed by atoms with E-state index in [1.165, 1.54) is 12.8 Å². The standard InChI is InChI=1S/C12H24N2O3/c1-12(16,5-6-17-2)8-14-11(15)10(13)7-9-3-4-9/h9-10,16H,3-8,13H2,1-2H3,(H,14,15)/t10-,12?/m0/s1. The summed E-state index contributed by atoms with van der Waals surface area (Å²) >= 11 is 0. The average Bonchev–Trinajstić information content (AvgIpc) is 3.07. The van der Waals surface area contributed by atoms with Crippen LogP contribution in [0, 0.1) is 5.92 Å². The summed E-state index contributed by atoms with van der Waals surface area (Å²) in [7, 11) is 1.58. The number of carbonyl (C=O) groups excluding carboxylic acids is 1. The Labute approximate surface area is 103 Å². The molecule has 5 heteroatoms. The Hall–Kier alpha value is -0.650. The molecule has 0 spiro atoms. The van der Waals surface area contributed by atoms with Gasteiger partial charge >= 0.3 is 0 Å².